The number of rotatable bonds is 3. The molecule has 1 N–H and O–H groups in total. The van der Waals surface area contributed by atoms with Gasteiger partial charge in [-0.15, -0.1) is 4.40 Å². The summed E-state index contributed by atoms with van der Waals surface area (Å²) in [5, 5.41) is 3.67. The molecule has 0 aliphatic carbocycles. The molecule has 1 aliphatic heterocycles. The van der Waals surface area contributed by atoms with Crippen molar-refractivity contribution in [1.29, 1.82) is 0 Å². The van der Waals surface area contributed by atoms with Crippen molar-refractivity contribution in [2.24, 2.45) is 4.40 Å². The molecule has 0 amide bonds. The van der Waals surface area contributed by atoms with E-state index in [1.54, 1.807) is 42.5 Å². The number of sulfonamides is 1. The number of hydrogen-bond donors (Lipinski definition) is 1. The molecule has 118 valence electrons. The number of ketones is 1. The molecule has 0 bridgehead atoms. The van der Waals surface area contributed by atoms with Crippen LogP contribution in [0, 0.1) is 0 Å². The molecule has 0 radical (unpaired) electrons. The highest BCUT2D eigenvalue weighted by Crippen LogP contribution is 2.29. The lowest BCUT2D eigenvalue weighted by Gasteiger charge is -2.17. The SMILES string of the molecule is O=C(CSC1=NS(=O)(=O)c2ccccc2N1)c1ccc(Cl)cc1. The van der Waals surface area contributed by atoms with E-state index in [1.165, 1.54) is 6.07 Å². The molecule has 0 fully saturated rings. The summed E-state index contributed by atoms with van der Waals surface area (Å²) in [4.78, 5) is 12.2. The Morgan fingerprint density at radius 2 is 1.83 bits per heavy atom. The molecule has 0 unspecified atom stereocenters. The van der Waals surface area contributed by atoms with Gasteiger partial charge in [-0.05, 0) is 36.4 Å². The molecule has 0 saturated carbocycles. The zero-order valence-electron chi connectivity index (χ0n) is 11.7. The Morgan fingerprint density at radius 1 is 1.13 bits per heavy atom. The Morgan fingerprint density at radius 3 is 2.57 bits per heavy atom. The number of Topliss-reactive ketones (excluding diaryl/α,β-unsaturated/α-hetero) is 1. The summed E-state index contributed by atoms with van der Waals surface area (Å²) >= 11 is 6.83. The van der Waals surface area contributed by atoms with Crippen molar-refractivity contribution in [3.8, 4) is 0 Å². The van der Waals surface area contributed by atoms with Crippen LogP contribution in [0.4, 0.5) is 5.69 Å². The summed E-state index contributed by atoms with van der Waals surface area (Å²) in [7, 11) is -3.73. The molecule has 23 heavy (non-hydrogen) atoms. The van der Waals surface area contributed by atoms with Crippen LogP contribution in [0.25, 0.3) is 0 Å². The fourth-order valence-electron chi connectivity index (χ4n) is 2.01. The van der Waals surface area contributed by atoms with Crippen molar-refractivity contribution in [2.45, 2.75) is 4.90 Å². The molecule has 2 aromatic rings. The number of fused-ring (bicyclic) bond motifs is 1. The van der Waals surface area contributed by atoms with Gasteiger partial charge in [0.25, 0.3) is 10.0 Å². The number of amidine groups is 1. The van der Waals surface area contributed by atoms with E-state index in [1.807, 2.05) is 0 Å². The van der Waals surface area contributed by atoms with E-state index in [4.69, 9.17) is 11.6 Å². The molecule has 2 aromatic carbocycles. The monoisotopic (exact) mass is 366 g/mol. The number of nitrogens with zero attached hydrogens (tertiary/aromatic N) is 1. The van der Waals surface area contributed by atoms with Crippen LogP contribution in [-0.4, -0.2) is 25.1 Å². The molecule has 0 saturated heterocycles. The average molecular weight is 367 g/mol. The summed E-state index contributed by atoms with van der Waals surface area (Å²) in [5.74, 6) is -0.0575. The van der Waals surface area contributed by atoms with Crippen molar-refractivity contribution in [2.75, 3.05) is 11.1 Å². The first-order chi connectivity index (χ1) is 11.0. The van der Waals surface area contributed by atoms with Gasteiger partial charge in [-0.3, -0.25) is 4.79 Å². The number of thioether (sulfide) groups is 1. The minimum Gasteiger partial charge on any atom is -0.333 e. The summed E-state index contributed by atoms with van der Waals surface area (Å²) in [6, 6.07) is 13.0. The van der Waals surface area contributed by atoms with E-state index in [0.29, 0.717) is 16.3 Å². The second-order valence-electron chi connectivity index (χ2n) is 4.71. The Hall–Kier alpha value is -1.83. The van der Waals surface area contributed by atoms with Gasteiger partial charge in [-0.25, -0.2) is 0 Å². The molecule has 1 heterocycles. The minimum atomic E-state index is -3.73. The van der Waals surface area contributed by atoms with E-state index in [9.17, 15) is 13.2 Å². The lowest BCUT2D eigenvalue weighted by atomic mass is 10.1. The van der Waals surface area contributed by atoms with Gasteiger partial charge in [0, 0.05) is 10.6 Å². The van der Waals surface area contributed by atoms with Crippen LogP contribution >= 0.6 is 23.4 Å². The predicted octanol–water partition coefficient (Wildman–Crippen LogP) is 3.43. The van der Waals surface area contributed by atoms with Crippen molar-refractivity contribution < 1.29 is 13.2 Å². The maximum absolute atomic E-state index is 12.1. The third kappa shape index (κ3) is 3.57. The van der Waals surface area contributed by atoms with Gasteiger partial charge >= 0.3 is 0 Å². The van der Waals surface area contributed by atoms with Gasteiger partial charge < -0.3 is 5.32 Å². The van der Waals surface area contributed by atoms with Gasteiger partial charge in [0.15, 0.2) is 11.0 Å². The zero-order chi connectivity index (χ0) is 16.4. The van der Waals surface area contributed by atoms with E-state index < -0.39 is 10.0 Å². The molecular formula is C15H11ClN2O3S2. The number of anilines is 1. The van der Waals surface area contributed by atoms with Crippen molar-refractivity contribution in [3.63, 3.8) is 0 Å². The number of benzene rings is 2. The highest BCUT2D eigenvalue weighted by atomic mass is 35.5. The van der Waals surface area contributed by atoms with Gasteiger partial charge in [-0.1, -0.05) is 35.5 Å². The average Bonchev–Trinajstić information content (AvgIpc) is 2.53. The predicted molar refractivity (Wildman–Crippen MR) is 92.9 cm³/mol. The van der Waals surface area contributed by atoms with Crippen LogP contribution in [-0.2, 0) is 10.0 Å². The Labute approximate surface area is 142 Å². The minimum absolute atomic E-state index is 0.0746. The summed E-state index contributed by atoms with van der Waals surface area (Å²) in [6.45, 7) is 0. The van der Waals surface area contributed by atoms with E-state index in [0.717, 1.165) is 11.8 Å². The number of carbonyl (C=O) groups is 1. The summed E-state index contributed by atoms with van der Waals surface area (Å²) in [5.41, 5.74) is 0.977. The quantitative estimate of drug-likeness (QED) is 0.842. The lowest BCUT2D eigenvalue weighted by molar-refractivity contribution is 0.102. The maximum Gasteiger partial charge on any atom is 0.286 e. The Bertz CT molecular complexity index is 893. The third-order valence-electron chi connectivity index (χ3n) is 3.12. The largest absolute Gasteiger partial charge is 0.333 e. The second-order valence-corrected chi connectivity index (χ2v) is 7.68. The van der Waals surface area contributed by atoms with Crippen LogP contribution in [0.2, 0.25) is 5.02 Å². The van der Waals surface area contributed by atoms with Gasteiger partial charge in [-0.2, -0.15) is 8.42 Å². The van der Waals surface area contributed by atoms with Crippen molar-refractivity contribution in [3.05, 3.63) is 59.1 Å². The number of carbonyl (C=O) groups excluding carboxylic acids is 1. The van der Waals surface area contributed by atoms with Crippen molar-refractivity contribution >= 4 is 50.0 Å². The highest BCUT2D eigenvalue weighted by molar-refractivity contribution is 8.15. The van der Waals surface area contributed by atoms with E-state index in [-0.39, 0.29) is 21.6 Å². The fourth-order valence-corrected chi connectivity index (χ4v) is 4.26. The summed E-state index contributed by atoms with van der Waals surface area (Å²) in [6.07, 6.45) is 0. The molecule has 0 atom stereocenters. The number of nitrogens with one attached hydrogen (secondary N) is 1. The first-order valence-corrected chi connectivity index (χ1v) is 9.39. The van der Waals surface area contributed by atoms with Crippen LogP contribution in [0.15, 0.2) is 57.8 Å². The molecule has 5 nitrogen and oxygen atoms in total. The van der Waals surface area contributed by atoms with Crippen molar-refractivity contribution in [1.82, 2.24) is 0 Å². The normalized spacial score (nSPS) is 15.3. The second kappa shape index (κ2) is 6.35. The fraction of sp³-hybridized carbons (Fsp3) is 0.0667. The van der Waals surface area contributed by atoms with E-state index in [2.05, 4.69) is 9.71 Å². The van der Waals surface area contributed by atoms with Crippen LogP contribution in [0.1, 0.15) is 10.4 Å². The Kier molecular flexibility index (Phi) is 4.43. The van der Waals surface area contributed by atoms with Crippen LogP contribution < -0.4 is 5.32 Å². The number of para-hydroxylation sites is 1. The Balaban J connectivity index is 1.73. The van der Waals surface area contributed by atoms with Crippen LogP contribution in [0.3, 0.4) is 0 Å². The first kappa shape index (κ1) is 16.0. The molecule has 8 heteroatoms. The van der Waals surface area contributed by atoms with Gasteiger partial charge in [0.05, 0.1) is 11.4 Å². The standard InChI is InChI=1S/C15H11ClN2O3S2/c16-11-7-5-10(6-8-11)13(19)9-22-15-17-12-3-1-2-4-14(12)23(20,21)18-15/h1-8H,9H2,(H,17,18). The zero-order valence-corrected chi connectivity index (χ0v) is 14.1. The van der Waals surface area contributed by atoms with E-state index >= 15 is 0 Å². The number of hydrogen-bond acceptors (Lipinski definition) is 5. The number of halogens is 1. The van der Waals surface area contributed by atoms with Gasteiger partial charge in [0.1, 0.15) is 4.90 Å². The topological polar surface area (TPSA) is 75.6 Å². The molecule has 0 spiro atoms. The van der Waals surface area contributed by atoms with Crippen LogP contribution in [0.5, 0.6) is 0 Å². The third-order valence-corrected chi connectivity index (χ3v) is 5.69. The first-order valence-electron chi connectivity index (χ1n) is 6.58. The molecular weight excluding hydrogens is 356 g/mol. The smallest absolute Gasteiger partial charge is 0.286 e. The highest BCUT2D eigenvalue weighted by Gasteiger charge is 2.24. The van der Waals surface area contributed by atoms with Gasteiger partial charge in [0.2, 0.25) is 0 Å². The molecule has 0 aromatic heterocycles. The maximum atomic E-state index is 12.1. The molecule has 3 rings (SSSR count). The molecule has 1 aliphatic rings. The lowest BCUT2D eigenvalue weighted by Crippen LogP contribution is -2.20. The summed E-state index contributed by atoms with van der Waals surface area (Å²) < 4.78 is 27.9.